The van der Waals surface area contributed by atoms with Crippen LogP contribution in [0, 0.1) is 0 Å². The molecular weight excluding hydrogens is 390 g/mol. The molecule has 0 aliphatic carbocycles. The van der Waals surface area contributed by atoms with Gasteiger partial charge < -0.3 is 11.1 Å². The van der Waals surface area contributed by atoms with Gasteiger partial charge in [-0.05, 0) is 36.4 Å². The van der Waals surface area contributed by atoms with Gasteiger partial charge >= 0.3 is 0 Å². The SMILES string of the molecule is CCN(CC)S(=O)(=O)c1cccc(C(=O)Nc2ccc(Cl)c(C(N)=O)c2)c1. The van der Waals surface area contributed by atoms with Crippen molar-refractivity contribution in [2.24, 2.45) is 5.73 Å². The maximum Gasteiger partial charge on any atom is 0.255 e. The lowest BCUT2D eigenvalue weighted by molar-refractivity contribution is 0.0996. The number of hydrogen-bond acceptors (Lipinski definition) is 4. The normalized spacial score (nSPS) is 11.4. The third-order valence-corrected chi connectivity index (χ3v) is 6.30. The summed E-state index contributed by atoms with van der Waals surface area (Å²) in [4.78, 5) is 23.9. The second-order valence-corrected chi connectivity index (χ2v) is 7.98. The number of sulfonamides is 1. The van der Waals surface area contributed by atoms with E-state index < -0.39 is 21.8 Å². The molecule has 0 heterocycles. The summed E-state index contributed by atoms with van der Waals surface area (Å²) in [6.07, 6.45) is 0. The largest absolute Gasteiger partial charge is 0.366 e. The summed E-state index contributed by atoms with van der Waals surface area (Å²) in [5.41, 5.74) is 5.80. The zero-order valence-corrected chi connectivity index (χ0v) is 16.5. The molecule has 0 bridgehead atoms. The molecule has 144 valence electrons. The minimum atomic E-state index is -3.68. The van der Waals surface area contributed by atoms with E-state index in [1.165, 1.54) is 46.8 Å². The quantitative estimate of drug-likeness (QED) is 0.732. The molecule has 2 aromatic carbocycles. The van der Waals surface area contributed by atoms with Crippen LogP contribution in [0.3, 0.4) is 0 Å². The Balaban J connectivity index is 2.31. The van der Waals surface area contributed by atoms with Crippen LogP contribution in [0.2, 0.25) is 5.02 Å². The minimum Gasteiger partial charge on any atom is -0.366 e. The lowest BCUT2D eigenvalue weighted by atomic mass is 10.1. The lowest BCUT2D eigenvalue weighted by Gasteiger charge is -2.18. The van der Waals surface area contributed by atoms with Crippen LogP contribution in [0.4, 0.5) is 5.69 Å². The number of nitrogens with two attached hydrogens (primary N) is 1. The molecule has 2 aromatic rings. The van der Waals surface area contributed by atoms with Crippen molar-refractivity contribution in [1.82, 2.24) is 4.31 Å². The summed E-state index contributed by atoms with van der Waals surface area (Å²) in [6.45, 7) is 4.15. The number of carbonyl (C=O) groups excluding carboxylic acids is 2. The van der Waals surface area contributed by atoms with Gasteiger partial charge in [0.25, 0.3) is 5.91 Å². The van der Waals surface area contributed by atoms with E-state index in [2.05, 4.69) is 5.32 Å². The van der Waals surface area contributed by atoms with Gasteiger partial charge in [-0.1, -0.05) is 31.5 Å². The van der Waals surface area contributed by atoms with E-state index in [1.54, 1.807) is 13.8 Å². The average molecular weight is 410 g/mol. The standard InChI is InChI=1S/C18H20ClN3O4S/c1-3-22(4-2)27(25,26)14-7-5-6-12(10-14)18(24)21-13-8-9-16(19)15(11-13)17(20)23/h5-11H,3-4H2,1-2H3,(H2,20,23)(H,21,24). The Bertz CT molecular complexity index is 972. The summed E-state index contributed by atoms with van der Waals surface area (Å²) in [7, 11) is -3.68. The fraction of sp³-hybridized carbons (Fsp3) is 0.222. The number of amides is 2. The van der Waals surface area contributed by atoms with E-state index in [0.717, 1.165) is 0 Å². The van der Waals surface area contributed by atoms with Crippen LogP contribution in [-0.4, -0.2) is 37.6 Å². The second-order valence-electron chi connectivity index (χ2n) is 5.63. The summed E-state index contributed by atoms with van der Waals surface area (Å²) in [5.74, 6) is -1.24. The Morgan fingerprint density at radius 3 is 2.37 bits per heavy atom. The molecule has 7 nitrogen and oxygen atoms in total. The van der Waals surface area contributed by atoms with Crippen LogP contribution in [0.15, 0.2) is 47.4 Å². The predicted octanol–water partition coefficient (Wildman–Crippen LogP) is 2.72. The second kappa shape index (κ2) is 8.51. The van der Waals surface area contributed by atoms with Gasteiger partial charge in [-0.15, -0.1) is 0 Å². The molecule has 0 spiro atoms. The molecule has 0 atom stereocenters. The van der Waals surface area contributed by atoms with Gasteiger partial charge in [-0.2, -0.15) is 4.31 Å². The van der Waals surface area contributed by atoms with Gasteiger partial charge in [0.15, 0.2) is 0 Å². The number of hydrogen-bond donors (Lipinski definition) is 2. The summed E-state index contributed by atoms with van der Waals surface area (Å²) < 4.78 is 26.5. The van der Waals surface area contributed by atoms with Crippen LogP contribution >= 0.6 is 11.6 Å². The molecule has 0 aliphatic heterocycles. The van der Waals surface area contributed by atoms with Gasteiger partial charge in [-0.25, -0.2) is 8.42 Å². The van der Waals surface area contributed by atoms with Crippen LogP contribution < -0.4 is 11.1 Å². The highest BCUT2D eigenvalue weighted by Crippen LogP contribution is 2.22. The maximum absolute atomic E-state index is 12.6. The smallest absolute Gasteiger partial charge is 0.255 e. The highest BCUT2D eigenvalue weighted by Gasteiger charge is 2.22. The zero-order chi connectivity index (χ0) is 20.2. The number of nitrogens with zero attached hydrogens (tertiary/aromatic N) is 1. The van der Waals surface area contributed by atoms with Crippen molar-refractivity contribution >= 4 is 39.1 Å². The number of primary amides is 1. The number of anilines is 1. The summed E-state index contributed by atoms with van der Waals surface area (Å²) >= 11 is 5.89. The van der Waals surface area contributed by atoms with Crippen molar-refractivity contribution < 1.29 is 18.0 Å². The highest BCUT2D eigenvalue weighted by atomic mass is 35.5. The molecule has 0 saturated carbocycles. The van der Waals surface area contributed by atoms with Crippen molar-refractivity contribution in [3.8, 4) is 0 Å². The lowest BCUT2D eigenvalue weighted by Crippen LogP contribution is -2.30. The topological polar surface area (TPSA) is 110 Å². The number of nitrogens with one attached hydrogen (secondary N) is 1. The Morgan fingerprint density at radius 2 is 1.78 bits per heavy atom. The first-order chi connectivity index (χ1) is 12.7. The Morgan fingerprint density at radius 1 is 1.11 bits per heavy atom. The average Bonchev–Trinajstić information content (AvgIpc) is 2.64. The number of benzene rings is 2. The molecule has 0 unspecified atom stereocenters. The zero-order valence-electron chi connectivity index (χ0n) is 14.9. The first kappa shape index (κ1) is 20.9. The Kier molecular flexibility index (Phi) is 6.59. The van der Waals surface area contributed by atoms with Gasteiger partial charge in [0.05, 0.1) is 15.5 Å². The molecule has 2 rings (SSSR count). The number of halogens is 1. The van der Waals surface area contributed by atoms with Crippen molar-refractivity contribution in [3.63, 3.8) is 0 Å². The molecule has 0 radical (unpaired) electrons. The number of carbonyl (C=O) groups is 2. The molecule has 0 aliphatic rings. The first-order valence-electron chi connectivity index (χ1n) is 8.21. The van der Waals surface area contributed by atoms with Gasteiger partial charge in [0, 0.05) is 24.3 Å². The van der Waals surface area contributed by atoms with Crippen molar-refractivity contribution in [2.45, 2.75) is 18.7 Å². The van der Waals surface area contributed by atoms with Crippen LogP contribution in [-0.2, 0) is 10.0 Å². The van der Waals surface area contributed by atoms with Crippen LogP contribution in [0.1, 0.15) is 34.6 Å². The van der Waals surface area contributed by atoms with E-state index in [0.29, 0.717) is 18.8 Å². The van der Waals surface area contributed by atoms with E-state index in [9.17, 15) is 18.0 Å². The van der Waals surface area contributed by atoms with Gasteiger partial charge in [0.1, 0.15) is 0 Å². The van der Waals surface area contributed by atoms with Crippen molar-refractivity contribution in [1.29, 1.82) is 0 Å². The summed E-state index contributed by atoms with van der Waals surface area (Å²) in [6, 6.07) is 10.1. The molecule has 9 heteroatoms. The molecule has 27 heavy (non-hydrogen) atoms. The van der Waals surface area contributed by atoms with E-state index in [-0.39, 0.29) is 21.0 Å². The minimum absolute atomic E-state index is 0.0350. The highest BCUT2D eigenvalue weighted by molar-refractivity contribution is 7.89. The fourth-order valence-corrected chi connectivity index (χ4v) is 4.22. The molecule has 2 amide bonds. The van der Waals surface area contributed by atoms with Gasteiger partial charge in [0.2, 0.25) is 15.9 Å². The molecule has 0 aromatic heterocycles. The van der Waals surface area contributed by atoms with E-state index in [1.807, 2.05) is 0 Å². The van der Waals surface area contributed by atoms with Crippen LogP contribution in [0.5, 0.6) is 0 Å². The molecule has 0 fully saturated rings. The summed E-state index contributed by atoms with van der Waals surface area (Å²) in [5, 5.41) is 2.78. The van der Waals surface area contributed by atoms with Crippen molar-refractivity contribution in [2.75, 3.05) is 18.4 Å². The van der Waals surface area contributed by atoms with E-state index >= 15 is 0 Å². The third-order valence-electron chi connectivity index (χ3n) is 3.93. The Hall–Kier alpha value is -2.42. The first-order valence-corrected chi connectivity index (χ1v) is 10.0. The van der Waals surface area contributed by atoms with Crippen molar-refractivity contribution in [3.05, 3.63) is 58.6 Å². The third kappa shape index (κ3) is 4.65. The van der Waals surface area contributed by atoms with E-state index in [4.69, 9.17) is 17.3 Å². The predicted molar refractivity (Wildman–Crippen MR) is 104 cm³/mol. The Labute approximate surface area is 163 Å². The molecular formula is C18H20ClN3O4S. The number of rotatable bonds is 7. The maximum atomic E-state index is 12.6. The van der Waals surface area contributed by atoms with Gasteiger partial charge in [-0.3, -0.25) is 9.59 Å². The fourth-order valence-electron chi connectivity index (χ4n) is 2.51. The molecule has 3 N–H and O–H groups in total. The molecule has 0 saturated heterocycles. The monoisotopic (exact) mass is 409 g/mol. The van der Waals surface area contributed by atoms with Crippen LogP contribution in [0.25, 0.3) is 0 Å².